The molecule has 0 radical (unpaired) electrons. The Balaban J connectivity index is 0.000000845. The van der Waals surface area contributed by atoms with Gasteiger partial charge in [-0.1, -0.05) is 6.07 Å². The normalized spacial score (nSPS) is 9.62. The lowest BCUT2D eigenvalue weighted by Crippen LogP contribution is -3.00. The van der Waals surface area contributed by atoms with Crippen LogP contribution in [0.2, 0.25) is 0 Å². The zero-order valence-corrected chi connectivity index (χ0v) is 8.82. The first-order chi connectivity index (χ1) is 5.79. The quantitative estimate of drug-likeness (QED) is 0.549. The lowest BCUT2D eigenvalue weighted by Gasteiger charge is -1.96. The second kappa shape index (κ2) is 3.75. The summed E-state index contributed by atoms with van der Waals surface area (Å²) in [4.78, 5) is 0. The molecule has 0 aliphatic heterocycles. The largest absolute Gasteiger partial charge is 1.00 e. The van der Waals surface area contributed by atoms with Gasteiger partial charge in [0.1, 0.15) is 7.05 Å². The van der Waals surface area contributed by atoms with Gasteiger partial charge in [0, 0.05) is 6.07 Å². The molecule has 2 rings (SSSR count). The summed E-state index contributed by atoms with van der Waals surface area (Å²) in [7, 11) is 1.92. The molecule has 0 aliphatic carbocycles. The molecule has 2 aromatic rings. The van der Waals surface area contributed by atoms with Gasteiger partial charge in [-0.2, -0.15) is 4.57 Å². The van der Waals surface area contributed by atoms with Crippen LogP contribution in [-0.2, 0) is 7.05 Å². The number of fused-ring (bicyclic) bond motifs is 1. The van der Waals surface area contributed by atoms with E-state index in [9.17, 15) is 5.11 Å². The smallest absolute Gasteiger partial charge is 0.254 e. The lowest BCUT2D eigenvalue weighted by atomic mass is 10.2. The van der Waals surface area contributed by atoms with Gasteiger partial charge in [0.25, 0.3) is 5.52 Å². The first-order valence-corrected chi connectivity index (χ1v) is 3.85. The van der Waals surface area contributed by atoms with Gasteiger partial charge in [-0.25, -0.2) is 0 Å². The van der Waals surface area contributed by atoms with E-state index < -0.39 is 0 Å². The van der Waals surface area contributed by atoms with Crippen molar-refractivity contribution < 1.29 is 26.7 Å². The molecule has 0 bridgehead atoms. The zero-order chi connectivity index (χ0) is 8.55. The number of nitrogens with zero attached hydrogens (tertiary/aromatic N) is 1. The van der Waals surface area contributed by atoms with Crippen molar-refractivity contribution in [1.82, 2.24) is 0 Å². The van der Waals surface area contributed by atoms with Crippen molar-refractivity contribution in [3.05, 3.63) is 36.5 Å². The minimum absolute atomic E-state index is 0. The Morgan fingerprint density at radius 2 is 1.85 bits per heavy atom. The van der Waals surface area contributed by atoms with Crippen molar-refractivity contribution in [1.29, 1.82) is 0 Å². The number of phenolic OH excluding ortho intramolecular Hbond substituents is 1. The van der Waals surface area contributed by atoms with Crippen molar-refractivity contribution in [3.8, 4) is 5.75 Å². The Morgan fingerprint density at radius 1 is 1.15 bits per heavy atom. The van der Waals surface area contributed by atoms with Gasteiger partial charge in [0.2, 0.25) is 0 Å². The minimum Gasteiger partial charge on any atom is -1.00 e. The number of hydrogen-bond donors (Lipinski definition) is 1. The standard InChI is InChI=1S/C10H9NO.BrH/c1-11-7-3-5-8-4-2-6-9(12)10(8)11;/h2-7H,1H3;1H. The molecule has 0 aliphatic rings. The summed E-state index contributed by atoms with van der Waals surface area (Å²) in [6.45, 7) is 0. The van der Waals surface area contributed by atoms with Gasteiger partial charge in [0.05, 0.1) is 5.39 Å². The third-order valence-electron chi connectivity index (χ3n) is 1.98. The van der Waals surface area contributed by atoms with Gasteiger partial charge in [-0.15, -0.1) is 0 Å². The van der Waals surface area contributed by atoms with E-state index in [1.165, 1.54) is 0 Å². The molecule has 0 spiro atoms. The maximum absolute atomic E-state index is 9.53. The maximum Gasteiger partial charge on any atom is 0.254 e. The van der Waals surface area contributed by atoms with Gasteiger partial charge in [-0.05, 0) is 18.2 Å². The molecule has 0 saturated carbocycles. The fourth-order valence-electron chi connectivity index (χ4n) is 1.42. The van der Waals surface area contributed by atoms with Crippen LogP contribution in [0, 0.1) is 0 Å². The zero-order valence-electron chi connectivity index (χ0n) is 7.24. The van der Waals surface area contributed by atoms with Crippen LogP contribution >= 0.6 is 0 Å². The van der Waals surface area contributed by atoms with E-state index in [2.05, 4.69) is 0 Å². The highest BCUT2D eigenvalue weighted by Crippen LogP contribution is 2.19. The van der Waals surface area contributed by atoms with E-state index in [1.807, 2.05) is 42.1 Å². The molecule has 1 aromatic carbocycles. The molecule has 1 heterocycles. The van der Waals surface area contributed by atoms with E-state index in [1.54, 1.807) is 6.07 Å². The lowest BCUT2D eigenvalue weighted by molar-refractivity contribution is -0.645. The van der Waals surface area contributed by atoms with Crippen LogP contribution in [-0.4, -0.2) is 5.11 Å². The topological polar surface area (TPSA) is 24.1 Å². The minimum atomic E-state index is 0. The fourth-order valence-corrected chi connectivity index (χ4v) is 1.42. The third-order valence-corrected chi connectivity index (χ3v) is 1.98. The van der Waals surface area contributed by atoms with Crippen LogP contribution in [0.3, 0.4) is 0 Å². The number of aromatic hydroxyl groups is 1. The van der Waals surface area contributed by atoms with Crippen molar-refractivity contribution in [2.45, 2.75) is 0 Å². The Morgan fingerprint density at radius 3 is 2.54 bits per heavy atom. The molecule has 3 heteroatoms. The van der Waals surface area contributed by atoms with Crippen LogP contribution < -0.4 is 21.5 Å². The van der Waals surface area contributed by atoms with Gasteiger partial charge in [-0.3, -0.25) is 0 Å². The Hall–Kier alpha value is -1.09. The summed E-state index contributed by atoms with van der Waals surface area (Å²) in [5.41, 5.74) is 0.875. The molecule has 0 amide bonds. The summed E-state index contributed by atoms with van der Waals surface area (Å²) in [6, 6.07) is 9.46. The summed E-state index contributed by atoms with van der Waals surface area (Å²) in [5, 5.41) is 10.6. The number of benzene rings is 1. The van der Waals surface area contributed by atoms with E-state index in [0.717, 1.165) is 10.9 Å². The highest BCUT2D eigenvalue weighted by Gasteiger charge is 2.07. The molecule has 0 fully saturated rings. The number of halogens is 1. The van der Waals surface area contributed by atoms with Crippen molar-refractivity contribution in [3.63, 3.8) is 0 Å². The van der Waals surface area contributed by atoms with E-state index in [-0.39, 0.29) is 17.0 Å². The van der Waals surface area contributed by atoms with Crippen molar-refractivity contribution in [2.24, 2.45) is 7.05 Å². The van der Waals surface area contributed by atoms with E-state index in [4.69, 9.17) is 0 Å². The second-order valence-electron chi connectivity index (χ2n) is 2.83. The Kier molecular flexibility index (Phi) is 2.88. The Labute approximate surface area is 87.2 Å². The summed E-state index contributed by atoms with van der Waals surface area (Å²) >= 11 is 0. The maximum atomic E-state index is 9.53. The molecular formula is C10H10BrNO. The number of hydrogen-bond acceptors (Lipinski definition) is 1. The molecule has 1 N–H and O–H groups in total. The predicted molar refractivity (Wildman–Crippen MR) is 46.8 cm³/mol. The molecule has 2 nitrogen and oxygen atoms in total. The van der Waals surface area contributed by atoms with Crippen LogP contribution in [0.5, 0.6) is 5.75 Å². The third kappa shape index (κ3) is 1.65. The van der Waals surface area contributed by atoms with Gasteiger partial charge >= 0.3 is 0 Å². The molecule has 0 atom stereocenters. The number of aryl methyl sites for hydroxylation is 1. The van der Waals surface area contributed by atoms with Crippen molar-refractivity contribution in [2.75, 3.05) is 0 Å². The molecule has 68 valence electrons. The molecule has 1 aromatic heterocycles. The number of rotatable bonds is 0. The number of pyridine rings is 1. The number of aromatic nitrogens is 1. The average molecular weight is 240 g/mol. The molecule has 13 heavy (non-hydrogen) atoms. The highest BCUT2D eigenvalue weighted by molar-refractivity contribution is 5.80. The summed E-state index contributed by atoms with van der Waals surface area (Å²) < 4.78 is 1.91. The van der Waals surface area contributed by atoms with E-state index in [0.29, 0.717) is 5.75 Å². The monoisotopic (exact) mass is 239 g/mol. The molecule has 0 saturated heterocycles. The van der Waals surface area contributed by atoms with Crippen LogP contribution in [0.1, 0.15) is 0 Å². The van der Waals surface area contributed by atoms with Gasteiger partial charge in [0.15, 0.2) is 11.9 Å². The number of phenols is 1. The SMILES string of the molecule is C[n+]1cccc2cccc(O)c21.[Br-]. The molecule has 0 unspecified atom stereocenters. The first kappa shape index (κ1) is 9.99. The highest BCUT2D eigenvalue weighted by atomic mass is 79.9. The number of para-hydroxylation sites is 1. The van der Waals surface area contributed by atoms with Gasteiger partial charge < -0.3 is 22.1 Å². The van der Waals surface area contributed by atoms with E-state index >= 15 is 0 Å². The Bertz CT molecular complexity index is 391. The second-order valence-corrected chi connectivity index (χ2v) is 2.83. The van der Waals surface area contributed by atoms with Crippen LogP contribution in [0.25, 0.3) is 10.9 Å². The van der Waals surface area contributed by atoms with Crippen molar-refractivity contribution >= 4 is 10.9 Å². The average Bonchev–Trinajstić information content (AvgIpc) is 2.04. The summed E-state index contributed by atoms with van der Waals surface area (Å²) in [6.07, 6.45) is 1.92. The predicted octanol–water partition coefficient (Wildman–Crippen LogP) is -1.63. The van der Waals surface area contributed by atoms with Crippen LogP contribution in [0.15, 0.2) is 36.5 Å². The fraction of sp³-hybridized carbons (Fsp3) is 0.100. The van der Waals surface area contributed by atoms with Crippen LogP contribution in [0.4, 0.5) is 0 Å². The molecular weight excluding hydrogens is 230 g/mol. The first-order valence-electron chi connectivity index (χ1n) is 3.85. The summed E-state index contributed by atoms with van der Waals surface area (Å²) in [5.74, 6) is 0.329.